The molecule has 184 valence electrons. The Kier molecular flexibility index (Phi) is 14.8. The lowest BCUT2D eigenvalue weighted by Crippen LogP contribution is -2.30. The van der Waals surface area contributed by atoms with Gasteiger partial charge in [0.15, 0.2) is 23.2 Å². The third kappa shape index (κ3) is 7.47. The lowest BCUT2D eigenvalue weighted by atomic mass is 9.84. The average molecular weight is 524 g/mol. The van der Waals surface area contributed by atoms with Gasteiger partial charge in [-0.25, -0.2) is 0 Å². The van der Waals surface area contributed by atoms with E-state index in [1.54, 1.807) is 24.3 Å². The number of nitrogens with one attached hydrogen (secondary N) is 4. The molecule has 6 N–H and O–H groups in total. The summed E-state index contributed by atoms with van der Waals surface area (Å²) in [5.41, 5.74) is 1.11. The number of hydrogen-bond acceptors (Lipinski definition) is 10. The number of hydrogen-bond donors (Lipinski definition) is 6. The minimum absolute atomic E-state index is 0. The number of ketones is 2. The largest absolute Gasteiger partial charge is 0.395 e. The molecule has 1 aromatic heterocycles. The van der Waals surface area contributed by atoms with E-state index in [2.05, 4.69) is 31.5 Å². The van der Waals surface area contributed by atoms with Crippen molar-refractivity contribution in [3.63, 3.8) is 0 Å². The third-order valence-electron chi connectivity index (χ3n) is 4.61. The van der Waals surface area contributed by atoms with Crippen molar-refractivity contribution in [1.82, 2.24) is 20.8 Å². The van der Waals surface area contributed by atoms with Crippen LogP contribution in [0.4, 0.5) is 11.6 Å². The SMILES string of the molecule is Cl.Cl.Cl.O=C1c2ccccc2C(=O)c2c(NCCNCCO)nnc(NCCNCCO)c21. The Morgan fingerprint density at radius 3 is 1.39 bits per heavy atom. The number of aliphatic hydroxyl groups is 2. The Morgan fingerprint density at radius 2 is 1.03 bits per heavy atom. The summed E-state index contributed by atoms with van der Waals surface area (Å²) in [5, 5.41) is 38.2. The van der Waals surface area contributed by atoms with Crippen molar-refractivity contribution in [1.29, 1.82) is 0 Å². The van der Waals surface area contributed by atoms with Crippen molar-refractivity contribution in [2.75, 3.05) is 63.1 Å². The average Bonchev–Trinajstić information content (AvgIpc) is 2.77. The number of carbonyl (C=O) groups is 2. The molecule has 13 heteroatoms. The van der Waals surface area contributed by atoms with Gasteiger partial charge in [0, 0.05) is 50.4 Å². The van der Waals surface area contributed by atoms with Gasteiger partial charge in [0.05, 0.1) is 24.3 Å². The Labute approximate surface area is 210 Å². The molecular formula is C20H29Cl3N6O4. The monoisotopic (exact) mass is 522 g/mol. The predicted molar refractivity (Wildman–Crippen MR) is 134 cm³/mol. The molecule has 0 saturated carbocycles. The molecule has 0 unspecified atom stereocenters. The fourth-order valence-corrected chi connectivity index (χ4v) is 3.22. The van der Waals surface area contributed by atoms with Gasteiger partial charge in [-0.15, -0.1) is 47.4 Å². The van der Waals surface area contributed by atoms with Gasteiger partial charge in [-0.05, 0) is 0 Å². The second-order valence-electron chi connectivity index (χ2n) is 6.65. The Balaban J connectivity index is 0.00000341. The molecule has 3 rings (SSSR count). The van der Waals surface area contributed by atoms with E-state index in [1.165, 1.54) is 0 Å². The summed E-state index contributed by atoms with van der Waals surface area (Å²) in [6.07, 6.45) is 0. The van der Waals surface area contributed by atoms with E-state index in [4.69, 9.17) is 10.2 Å². The van der Waals surface area contributed by atoms with Crippen LogP contribution < -0.4 is 21.3 Å². The number of halogens is 3. The maximum Gasteiger partial charge on any atom is 0.198 e. The molecule has 10 nitrogen and oxygen atoms in total. The van der Waals surface area contributed by atoms with Crippen LogP contribution in [-0.2, 0) is 0 Å². The van der Waals surface area contributed by atoms with E-state index in [-0.39, 0.29) is 84.8 Å². The minimum atomic E-state index is -0.276. The first-order valence-electron chi connectivity index (χ1n) is 9.89. The topological polar surface area (TPSA) is 148 Å². The zero-order valence-electron chi connectivity index (χ0n) is 17.8. The van der Waals surface area contributed by atoms with Crippen LogP contribution in [0.3, 0.4) is 0 Å². The minimum Gasteiger partial charge on any atom is -0.395 e. The summed E-state index contributed by atoms with van der Waals surface area (Å²) in [5.74, 6) is -0.0371. The van der Waals surface area contributed by atoms with Crippen LogP contribution in [0.1, 0.15) is 31.8 Å². The highest BCUT2D eigenvalue weighted by Crippen LogP contribution is 2.33. The highest BCUT2D eigenvalue weighted by Gasteiger charge is 2.35. The van der Waals surface area contributed by atoms with Crippen molar-refractivity contribution in [2.24, 2.45) is 0 Å². The number of nitrogens with zero attached hydrogens (tertiary/aromatic N) is 2. The second-order valence-corrected chi connectivity index (χ2v) is 6.65. The third-order valence-corrected chi connectivity index (χ3v) is 4.61. The molecule has 0 fully saturated rings. The van der Waals surface area contributed by atoms with E-state index >= 15 is 0 Å². The smallest absolute Gasteiger partial charge is 0.198 e. The summed E-state index contributed by atoms with van der Waals surface area (Å²) in [6, 6.07) is 6.72. The summed E-state index contributed by atoms with van der Waals surface area (Å²) in [7, 11) is 0. The molecule has 0 aliphatic heterocycles. The molecule has 1 heterocycles. The maximum absolute atomic E-state index is 13.2. The molecule has 1 aliphatic rings. The molecule has 0 bridgehead atoms. The Bertz CT molecular complexity index is 847. The number of fused-ring (bicyclic) bond motifs is 2. The molecule has 1 aliphatic carbocycles. The van der Waals surface area contributed by atoms with E-state index in [0.717, 1.165) is 0 Å². The van der Waals surface area contributed by atoms with Crippen molar-refractivity contribution in [3.8, 4) is 0 Å². The van der Waals surface area contributed by atoms with Crippen LogP contribution in [0, 0.1) is 0 Å². The van der Waals surface area contributed by atoms with Gasteiger partial charge in [-0.3, -0.25) is 9.59 Å². The van der Waals surface area contributed by atoms with Gasteiger partial charge in [-0.2, -0.15) is 0 Å². The van der Waals surface area contributed by atoms with Gasteiger partial charge in [0.1, 0.15) is 0 Å². The van der Waals surface area contributed by atoms with Crippen molar-refractivity contribution in [2.45, 2.75) is 0 Å². The van der Waals surface area contributed by atoms with Crippen LogP contribution >= 0.6 is 37.2 Å². The molecule has 0 radical (unpaired) electrons. The van der Waals surface area contributed by atoms with Crippen LogP contribution in [0.5, 0.6) is 0 Å². The molecule has 2 aromatic rings. The zero-order valence-corrected chi connectivity index (χ0v) is 20.2. The fourth-order valence-electron chi connectivity index (χ4n) is 3.22. The molecule has 0 spiro atoms. The van der Waals surface area contributed by atoms with E-state index in [1.807, 2.05) is 0 Å². The first kappa shape index (κ1) is 30.9. The molecule has 0 amide bonds. The van der Waals surface area contributed by atoms with Gasteiger partial charge in [0.2, 0.25) is 0 Å². The summed E-state index contributed by atoms with van der Waals surface area (Å²) < 4.78 is 0. The van der Waals surface area contributed by atoms with Crippen molar-refractivity contribution in [3.05, 3.63) is 46.5 Å². The van der Waals surface area contributed by atoms with Gasteiger partial charge in [0.25, 0.3) is 0 Å². The van der Waals surface area contributed by atoms with Crippen molar-refractivity contribution < 1.29 is 19.8 Å². The van der Waals surface area contributed by atoms with Gasteiger partial charge >= 0.3 is 0 Å². The molecule has 0 atom stereocenters. The predicted octanol–water partition coefficient (Wildman–Crippen LogP) is 0.505. The second kappa shape index (κ2) is 15.7. The highest BCUT2D eigenvalue weighted by molar-refractivity contribution is 6.31. The number of aromatic nitrogens is 2. The first-order chi connectivity index (χ1) is 14.7. The van der Waals surface area contributed by atoms with Crippen LogP contribution in [0.15, 0.2) is 24.3 Å². The standard InChI is InChI=1S/C20H26N6O4.3ClH/c27-11-9-21-5-7-23-19-15-16(20(26-25-19)24-8-6-22-10-12-28)18(30)14-4-2-1-3-13(14)17(15)29;;;/h1-4,21-22,27-28H,5-12H2,(H,23,25)(H,24,26);3*1H. The fraction of sp³-hybridized carbons (Fsp3) is 0.400. The number of anilines is 2. The van der Waals surface area contributed by atoms with Gasteiger partial charge < -0.3 is 31.5 Å². The van der Waals surface area contributed by atoms with E-state index in [9.17, 15) is 9.59 Å². The lowest BCUT2D eigenvalue weighted by molar-refractivity contribution is 0.0979. The van der Waals surface area contributed by atoms with Crippen molar-refractivity contribution >= 4 is 60.4 Å². The molecule has 0 saturated heterocycles. The number of benzene rings is 1. The normalized spacial score (nSPS) is 11.3. The number of rotatable bonds is 12. The summed E-state index contributed by atoms with van der Waals surface area (Å²) >= 11 is 0. The van der Waals surface area contributed by atoms with E-state index in [0.29, 0.717) is 50.4 Å². The van der Waals surface area contributed by atoms with Crippen LogP contribution in [0.25, 0.3) is 0 Å². The summed E-state index contributed by atoms with van der Waals surface area (Å²) in [4.78, 5) is 26.4. The zero-order chi connectivity index (χ0) is 21.3. The maximum atomic E-state index is 13.2. The van der Waals surface area contributed by atoms with Gasteiger partial charge in [-0.1, -0.05) is 24.3 Å². The summed E-state index contributed by atoms with van der Waals surface area (Å²) in [6.45, 7) is 2.98. The van der Waals surface area contributed by atoms with Crippen LogP contribution in [-0.4, -0.2) is 84.5 Å². The number of carbonyl (C=O) groups excluding carboxylic acids is 2. The Morgan fingerprint density at radius 1 is 0.636 bits per heavy atom. The highest BCUT2D eigenvalue weighted by atomic mass is 35.5. The Hall–Kier alpha value is -2.05. The van der Waals surface area contributed by atoms with Crippen LogP contribution in [0.2, 0.25) is 0 Å². The quantitative estimate of drug-likeness (QED) is 0.185. The molecule has 1 aromatic carbocycles. The number of aliphatic hydroxyl groups excluding tert-OH is 2. The molecule has 33 heavy (non-hydrogen) atoms. The molecular weight excluding hydrogens is 495 g/mol. The first-order valence-corrected chi connectivity index (χ1v) is 9.89. The lowest BCUT2D eigenvalue weighted by Gasteiger charge is -2.22. The van der Waals surface area contributed by atoms with E-state index < -0.39 is 0 Å².